The second-order valence-corrected chi connectivity index (χ2v) is 5.53. The number of hydrogen-bond acceptors (Lipinski definition) is 4. The second-order valence-electron chi connectivity index (χ2n) is 3.03. The lowest BCUT2D eigenvalue weighted by Crippen LogP contribution is -2.04. The minimum absolute atomic E-state index is 0.0440. The molecule has 0 fully saturated rings. The van der Waals surface area contributed by atoms with Crippen molar-refractivity contribution in [3.05, 3.63) is 28.8 Å². The molecule has 0 N–H and O–H groups in total. The Bertz CT molecular complexity index is 572. The summed E-state index contributed by atoms with van der Waals surface area (Å²) in [6.07, 6.45) is 0.858. The van der Waals surface area contributed by atoms with Crippen molar-refractivity contribution in [3.63, 3.8) is 0 Å². The van der Waals surface area contributed by atoms with Gasteiger partial charge < -0.3 is 0 Å². The van der Waals surface area contributed by atoms with Crippen LogP contribution in [0.25, 0.3) is 0 Å². The summed E-state index contributed by atoms with van der Waals surface area (Å²) in [6.45, 7) is 1.69. The molecule has 0 bridgehead atoms. The highest BCUT2D eigenvalue weighted by Crippen LogP contribution is 2.26. The Morgan fingerprint density at radius 1 is 1.50 bits per heavy atom. The van der Waals surface area contributed by atoms with Gasteiger partial charge in [-0.15, -0.1) is 0 Å². The van der Waals surface area contributed by atoms with E-state index >= 15 is 0 Å². The standard InChI is InChI=1S/C10H8ClNO3S/c1-2-9-8(6-13)4-3-7(5-12)10(9)16(11,14)15/h3-4,6H,2H2,1H3. The van der Waals surface area contributed by atoms with Gasteiger partial charge in [-0.3, -0.25) is 4.79 Å². The van der Waals surface area contributed by atoms with Crippen molar-refractivity contribution in [1.82, 2.24) is 0 Å². The lowest BCUT2D eigenvalue weighted by molar-refractivity contribution is 0.112. The van der Waals surface area contributed by atoms with Gasteiger partial charge in [0.15, 0.2) is 0 Å². The Balaban J connectivity index is 3.78. The van der Waals surface area contributed by atoms with Gasteiger partial charge >= 0.3 is 0 Å². The van der Waals surface area contributed by atoms with Crippen molar-refractivity contribution in [2.75, 3.05) is 0 Å². The maximum Gasteiger partial charge on any atom is 0.262 e. The summed E-state index contributed by atoms with van der Waals surface area (Å²) in [5, 5.41) is 8.80. The summed E-state index contributed by atoms with van der Waals surface area (Å²) in [7, 11) is 1.23. The Morgan fingerprint density at radius 3 is 2.50 bits per heavy atom. The number of hydrogen-bond donors (Lipinski definition) is 0. The Morgan fingerprint density at radius 2 is 2.12 bits per heavy atom. The first-order chi connectivity index (χ1) is 7.45. The van der Waals surface area contributed by atoms with Crippen molar-refractivity contribution in [2.24, 2.45) is 0 Å². The molecule has 0 saturated heterocycles. The van der Waals surface area contributed by atoms with Gasteiger partial charge in [-0.05, 0) is 18.1 Å². The first-order valence-corrected chi connectivity index (χ1v) is 6.72. The number of nitrogens with zero attached hydrogens (tertiary/aromatic N) is 1. The van der Waals surface area contributed by atoms with E-state index in [-0.39, 0.29) is 21.6 Å². The minimum Gasteiger partial charge on any atom is -0.298 e. The Hall–Kier alpha value is -1.38. The van der Waals surface area contributed by atoms with Crippen LogP contribution >= 0.6 is 10.7 Å². The monoisotopic (exact) mass is 257 g/mol. The zero-order chi connectivity index (χ0) is 12.3. The maximum atomic E-state index is 11.4. The molecule has 0 aliphatic heterocycles. The van der Waals surface area contributed by atoms with Crippen LogP contribution in [0.4, 0.5) is 0 Å². The molecule has 0 spiro atoms. The van der Waals surface area contributed by atoms with Gasteiger partial charge in [-0.2, -0.15) is 5.26 Å². The fourth-order valence-electron chi connectivity index (χ4n) is 1.48. The number of nitriles is 1. The van der Waals surface area contributed by atoms with E-state index in [1.54, 1.807) is 13.0 Å². The summed E-state index contributed by atoms with van der Waals surface area (Å²) < 4.78 is 22.7. The predicted molar refractivity (Wildman–Crippen MR) is 59.0 cm³/mol. The summed E-state index contributed by atoms with van der Waals surface area (Å²) in [6, 6.07) is 4.44. The molecule has 0 aromatic heterocycles. The number of carbonyl (C=O) groups is 1. The molecule has 0 unspecified atom stereocenters. The van der Waals surface area contributed by atoms with Crippen molar-refractivity contribution in [2.45, 2.75) is 18.2 Å². The molecular weight excluding hydrogens is 250 g/mol. The van der Waals surface area contributed by atoms with Crippen LogP contribution in [0.15, 0.2) is 17.0 Å². The molecule has 0 radical (unpaired) electrons. The summed E-state index contributed by atoms with van der Waals surface area (Å²) in [4.78, 5) is 10.5. The van der Waals surface area contributed by atoms with Crippen LogP contribution in [0.5, 0.6) is 0 Å². The third-order valence-electron chi connectivity index (χ3n) is 2.14. The first-order valence-electron chi connectivity index (χ1n) is 4.41. The van der Waals surface area contributed by atoms with E-state index < -0.39 is 9.05 Å². The lowest BCUT2D eigenvalue weighted by atomic mass is 10.0. The largest absolute Gasteiger partial charge is 0.298 e. The highest BCUT2D eigenvalue weighted by molar-refractivity contribution is 8.13. The molecule has 6 heteroatoms. The van der Waals surface area contributed by atoms with Crippen LogP contribution in [0.2, 0.25) is 0 Å². The Labute approximate surface area is 97.9 Å². The molecule has 1 aromatic rings. The molecule has 0 atom stereocenters. The van der Waals surface area contributed by atoms with Crippen LogP contribution in [-0.2, 0) is 15.5 Å². The smallest absolute Gasteiger partial charge is 0.262 e. The van der Waals surface area contributed by atoms with E-state index in [1.165, 1.54) is 12.1 Å². The van der Waals surface area contributed by atoms with Gasteiger partial charge in [0.2, 0.25) is 0 Å². The molecule has 1 rings (SSSR count). The van der Waals surface area contributed by atoms with E-state index in [9.17, 15) is 13.2 Å². The summed E-state index contributed by atoms with van der Waals surface area (Å²) in [5.74, 6) is 0. The lowest BCUT2D eigenvalue weighted by Gasteiger charge is -2.08. The third kappa shape index (κ3) is 2.23. The van der Waals surface area contributed by atoms with E-state index in [0.717, 1.165) is 0 Å². The van der Waals surface area contributed by atoms with Crippen molar-refractivity contribution < 1.29 is 13.2 Å². The fraction of sp³-hybridized carbons (Fsp3) is 0.200. The zero-order valence-electron chi connectivity index (χ0n) is 8.40. The summed E-state index contributed by atoms with van der Waals surface area (Å²) in [5.41, 5.74) is 0.474. The van der Waals surface area contributed by atoms with Gasteiger partial charge in [0.05, 0.1) is 5.56 Å². The topological polar surface area (TPSA) is 75.0 Å². The van der Waals surface area contributed by atoms with E-state index in [0.29, 0.717) is 12.7 Å². The number of halogens is 1. The number of carbonyl (C=O) groups excluding carboxylic acids is 1. The quantitative estimate of drug-likeness (QED) is 0.612. The molecule has 0 heterocycles. The van der Waals surface area contributed by atoms with E-state index in [4.69, 9.17) is 15.9 Å². The van der Waals surface area contributed by atoms with Gasteiger partial charge in [-0.1, -0.05) is 13.0 Å². The molecule has 1 aromatic carbocycles. The van der Waals surface area contributed by atoms with E-state index in [2.05, 4.69) is 0 Å². The minimum atomic E-state index is -4.03. The second kappa shape index (κ2) is 4.64. The molecule has 0 amide bonds. The van der Waals surface area contributed by atoms with Crippen LogP contribution in [0.1, 0.15) is 28.4 Å². The van der Waals surface area contributed by atoms with Crippen LogP contribution in [-0.4, -0.2) is 14.7 Å². The van der Waals surface area contributed by atoms with Crippen LogP contribution in [0.3, 0.4) is 0 Å². The van der Waals surface area contributed by atoms with Crippen molar-refractivity contribution in [1.29, 1.82) is 5.26 Å². The van der Waals surface area contributed by atoms with Gasteiger partial charge in [-0.25, -0.2) is 8.42 Å². The highest BCUT2D eigenvalue weighted by Gasteiger charge is 2.22. The molecule has 4 nitrogen and oxygen atoms in total. The maximum absolute atomic E-state index is 11.4. The van der Waals surface area contributed by atoms with Gasteiger partial charge in [0, 0.05) is 16.2 Å². The van der Waals surface area contributed by atoms with Crippen LogP contribution < -0.4 is 0 Å². The first kappa shape index (κ1) is 12.7. The number of benzene rings is 1. The molecule has 0 saturated carbocycles. The Kier molecular flexibility index (Phi) is 3.68. The molecule has 0 aliphatic carbocycles. The fourth-order valence-corrected chi connectivity index (χ4v) is 2.95. The van der Waals surface area contributed by atoms with Gasteiger partial charge in [0.25, 0.3) is 9.05 Å². The van der Waals surface area contributed by atoms with Crippen LogP contribution in [0, 0.1) is 11.3 Å². The average molecular weight is 258 g/mol. The number of rotatable bonds is 3. The molecule has 16 heavy (non-hydrogen) atoms. The predicted octanol–water partition coefficient (Wildman–Crippen LogP) is 1.86. The SMILES string of the molecule is CCc1c(C=O)ccc(C#N)c1S(=O)(=O)Cl. The van der Waals surface area contributed by atoms with Gasteiger partial charge in [0.1, 0.15) is 17.3 Å². The molecular formula is C10H8ClNO3S. The van der Waals surface area contributed by atoms with Crippen molar-refractivity contribution >= 4 is 26.0 Å². The zero-order valence-corrected chi connectivity index (χ0v) is 9.97. The average Bonchev–Trinajstić information content (AvgIpc) is 2.25. The molecule has 84 valence electrons. The third-order valence-corrected chi connectivity index (χ3v) is 3.56. The summed E-state index contributed by atoms with van der Waals surface area (Å²) >= 11 is 0. The normalized spacial score (nSPS) is 10.8. The van der Waals surface area contributed by atoms with E-state index in [1.807, 2.05) is 0 Å². The van der Waals surface area contributed by atoms with Crippen molar-refractivity contribution in [3.8, 4) is 6.07 Å². The number of aldehydes is 1. The highest BCUT2D eigenvalue weighted by atomic mass is 35.7. The molecule has 0 aliphatic rings.